The van der Waals surface area contributed by atoms with Crippen molar-refractivity contribution in [2.75, 3.05) is 38.6 Å². The van der Waals surface area contributed by atoms with Crippen LogP contribution in [0, 0.1) is 23.3 Å². The summed E-state index contributed by atoms with van der Waals surface area (Å²) >= 11 is 5.75. The molecule has 1 N–H and O–H groups in total. The predicted molar refractivity (Wildman–Crippen MR) is 251 cm³/mol. The fourth-order valence-electron chi connectivity index (χ4n) is 9.87. The van der Waals surface area contributed by atoms with Gasteiger partial charge in [-0.25, -0.2) is 27.2 Å². The van der Waals surface area contributed by atoms with Crippen LogP contribution >= 0.6 is 11.6 Å². The van der Waals surface area contributed by atoms with E-state index in [1.165, 1.54) is 48.5 Å². The first-order chi connectivity index (χ1) is 32.6. The molecule has 7 nitrogen and oxygen atoms in total. The Hall–Kier alpha value is -5.88. The maximum Gasteiger partial charge on any atom is 0.341 e. The number of carbonyl (C=O) groups excluding carboxylic acids is 2. The van der Waals surface area contributed by atoms with Crippen molar-refractivity contribution in [2.45, 2.75) is 74.4 Å². The molecule has 0 amide bonds. The van der Waals surface area contributed by atoms with Crippen LogP contribution in [0.1, 0.15) is 117 Å². The van der Waals surface area contributed by atoms with Crippen molar-refractivity contribution in [1.29, 1.82) is 0 Å². The number of aromatic nitrogens is 1. The van der Waals surface area contributed by atoms with Gasteiger partial charge >= 0.3 is 11.9 Å². The number of hydrogen-bond donors (Lipinski definition) is 1. The molecule has 5 heterocycles. The molecule has 6 aromatic rings. The first kappa shape index (κ1) is 47.6. The van der Waals surface area contributed by atoms with Gasteiger partial charge < -0.3 is 19.7 Å². The normalized spacial score (nSPS) is 16.7. The molecule has 2 spiro atoms. The minimum absolute atomic E-state index is 0.0780. The molecular formula is C55H54ClF4N3O4. The van der Waals surface area contributed by atoms with Crippen molar-refractivity contribution < 1.29 is 36.6 Å². The summed E-state index contributed by atoms with van der Waals surface area (Å²) in [6, 6.07) is 37.4. The fourth-order valence-corrected chi connectivity index (χ4v) is 10.0. The quantitative estimate of drug-likeness (QED) is 0.0787. The van der Waals surface area contributed by atoms with Gasteiger partial charge in [-0.3, -0.25) is 4.98 Å². The topological polar surface area (TPSA) is 80.8 Å². The number of rotatable bonds is 11. The molecule has 67 heavy (non-hydrogen) atoms. The third kappa shape index (κ3) is 11.3. The Morgan fingerprint density at radius 1 is 0.567 bits per heavy atom. The summed E-state index contributed by atoms with van der Waals surface area (Å²) in [5.74, 6) is -0.670. The number of hydrogen-bond acceptors (Lipinski definition) is 7. The number of likely N-dealkylation sites (tertiary alicyclic amines) is 1. The SMILES string of the molecule is Fc1ccc(C(CCCCl)c2ccc(F)cc2)cc1.O=C1OC2(CCN(CCCC(c3ccc(F)cc3)c3ccc(F)cc3)CC2)c2ncccc21.O=C1OC2(CCNCC2)c2ccccc21. The standard InChI is InChI=1S/C27H26F2N2O2.C16H15ClF2.C12H13NO2/c28-21-9-5-19(6-10-21)23(20-7-11-22(29)12-8-20)4-2-16-31-17-13-27(14-18-31)25-24(26(32)33-27)3-1-15-30-25;17-11-1-2-16(12-3-7-14(18)8-4-12)13-5-9-15(19)10-6-13;14-11-9-3-1-2-4-10(9)12(15-11)5-7-13-8-6-12/h1,3,5-12,15,23H,2,4,13-14,16-18H2;3-10,16H,1-2,11H2;1-4,13H,5-8H2. The summed E-state index contributed by atoms with van der Waals surface area (Å²) in [7, 11) is 0. The van der Waals surface area contributed by atoms with E-state index in [4.69, 9.17) is 21.1 Å². The van der Waals surface area contributed by atoms with E-state index in [2.05, 4.69) is 15.2 Å². The molecule has 0 radical (unpaired) electrons. The molecule has 2 saturated heterocycles. The maximum atomic E-state index is 13.5. The van der Waals surface area contributed by atoms with E-state index in [0.29, 0.717) is 11.4 Å². The van der Waals surface area contributed by atoms with Crippen LogP contribution in [0.5, 0.6) is 0 Å². The zero-order valence-electron chi connectivity index (χ0n) is 37.3. The molecule has 2 fully saturated rings. The van der Waals surface area contributed by atoms with Crippen molar-refractivity contribution in [3.8, 4) is 0 Å². The second kappa shape index (κ2) is 21.8. The van der Waals surface area contributed by atoms with E-state index in [0.717, 1.165) is 123 Å². The zero-order chi connectivity index (χ0) is 46.8. The molecule has 4 aliphatic heterocycles. The highest BCUT2D eigenvalue weighted by atomic mass is 35.5. The summed E-state index contributed by atoms with van der Waals surface area (Å²) < 4.78 is 64.3. The maximum absolute atomic E-state index is 13.5. The highest BCUT2D eigenvalue weighted by molar-refractivity contribution is 6.17. The highest BCUT2D eigenvalue weighted by Crippen LogP contribution is 2.44. The number of alkyl halides is 1. The number of esters is 2. The summed E-state index contributed by atoms with van der Waals surface area (Å²) in [5.41, 5.74) is 6.39. The Kier molecular flexibility index (Phi) is 15.5. The molecule has 348 valence electrons. The van der Waals surface area contributed by atoms with Crippen LogP contribution < -0.4 is 5.32 Å². The van der Waals surface area contributed by atoms with Crippen LogP contribution in [-0.4, -0.2) is 60.4 Å². The van der Waals surface area contributed by atoms with Gasteiger partial charge in [-0.05, 0) is 134 Å². The number of pyridine rings is 1. The van der Waals surface area contributed by atoms with E-state index in [9.17, 15) is 27.2 Å². The van der Waals surface area contributed by atoms with E-state index in [-0.39, 0.29) is 52.6 Å². The van der Waals surface area contributed by atoms with Crippen LogP contribution in [0.2, 0.25) is 0 Å². The Morgan fingerprint density at radius 3 is 1.52 bits per heavy atom. The van der Waals surface area contributed by atoms with Gasteiger partial charge in [0.2, 0.25) is 0 Å². The molecule has 0 aliphatic carbocycles. The van der Waals surface area contributed by atoms with E-state index < -0.39 is 5.60 Å². The van der Waals surface area contributed by atoms with Crippen LogP contribution in [0.4, 0.5) is 17.6 Å². The van der Waals surface area contributed by atoms with Crippen molar-refractivity contribution in [2.24, 2.45) is 0 Å². The van der Waals surface area contributed by atoms with Crippen LogP contribution in [0.15, 0.2) is 140 Å². The zero-order valence-corrected chi connectivity index (χ0v) is 38.0. The Bertz CT molecular complexity index is 2490. The number of benzene rings is 5. The predicted octanol–water partition coefficient (Wildman–Crippen LogP) is 12.0. The number of fused-ring (bicyclic) bond motifs is 4. The highest BCUT2D eigenvalue weighted by Gasteiger charge is 2.49. The molecule has 1 aromatic heterocycles. The van der Waals surface area contributed by atoms with Crippen LogP contribution in [0.3, 0.4) is 0 Å². The minimum Gasteiger partial charge on any atom is -0.450 e. The molecule has 0 bridgehead atoms. The lowest BCUT2D eigenvalue weighted by molar-refractivity contribution is -0.0449. The van der Waals surface area contributed by atoms with E-state index in [1.54, 1.807) is 42.6 Å². The van der Waals surface area contributed by atoms with Crippen molar-refractivity contribution in [1.82, 2.24) is 15.2 Å². The molecule has 5 aromatic carbocycles. The first-order valence-electron chi connectivity index (χ1n) is 23.1. The molecule has 4 aliphatic rings. The Labute approximate surface area is 394 Å². The molecule has 0 atom stereocenters. The van der Waals surface area contributed by atoms with Crippen molar-refractivity contribution >= 4 is 23.5 Å². The minimum atomic E-state index is -0.588. The van der Waals surface area contributed by atoms with Gasteiger partial charge in [0, 0.05) is 68.2 Å². The number of piperidine rings is 2. The van der Waals surface area contributed by atoms with Gasteiger partial charge in [-0.2, -0.15) is 0 Å². The molecule has 0 unspecified atom stereocenters. The number of nitrogens with one attached hydrogen (secondary N) is 1. The fraction of sp³-hybridized carbons (Fsp3) is 0.327. The average molecular weight is 932 g/mol. The van der Waals surface area contributed by atoms with Gasteiger partial charge in [0.1, 0.15) is 28.9 Å². The average Bonchev–Trinajstić information content (AvgIpc) is 3.78. The van der Waals surface area contributed by atoms with Gasteiger partial charge in [0.25, 0.3) is 0 Å². The summed E-state index contributed by atoms with van der Waals surface area (Å²) in [6.07, 6.45) is 8.51. The second-order valence-electron chi connectivity index (χ2n) is 17.6. The van der Waals surface area contributed by atoms with E-state index in [1.807, 2.05) is 48.5 Å². The lowest BCUT2D eigenvalue weighted by Crippen LogP contribution is -2.43. The summed E-state index contributed by atoms with van der Waals surface area (Å²) in [5, 5.41) is 3.29. The monoisotopic (exact) mass is 931 g/mol. The number of carbonyl (C=O) groups is 2. The lowest BCUT2D eigenvalue weighted by Gasteiger charge is -2.38. The largest absolute Gasteiger partial charge is 0.450 e. The van der Waals surface area contributed by atoms with E-state index >= 15 is 0 Å². The third-order valence-corrected chi connectivity index (χ3v) is 13.7. The first-order valence-corrected chi connectivity index (χ1v) is 23.6. The van der Waals surface area contributed by atoms with Gasteiger partial charge in [0.15, 0.2) is 5.60 Å². The second-order valence-corrected chi connectivity index (χ2v) is 18.0. The third-order valence-electron chi connectivity index (χ3n) is 13.4. The summed E-state index contributed by atoms with van der Waals surface area (Å²) in [6.45, 7) is 4.42. The van der Waals surface area contributed by atoms with Crippen molar-refractivity contribution in [3.05, 3.63) is 208 Å². The van der Waals surface area contributed by atoms with Crippen LogP contribution in [-0.2, 0) is 20.7 Å². The summed E-state index contributed by atoms with van der Waals surface area (Å²) in [4.78, 5) is 30.8. The Morgan fingerprint density at radius 2 is 1.01 bits per heavy atom. The van der Waals surface area contributed by atoms with Gasteiger partial charge in [-0.15, -0.1) is 11.6 Å². The van der Waals surface area contributed by atoms with Crippen LogP contribution in [0.25, 0.3) is 0 Å². The number of ether oxygens (including phenoxy) is 2. The molecule has 12 heteroatoms. The Balaban J connectivity index is 0.000000151. The van der Waals surface area contributed by atoms with Crippen molar-refractivity contribution in [3.63, 3.8) is 0 Å². The molecule has 0 saturated carbocycles. The lowest BCUT2D eigenvalue weighted by atomic mass is 9.84. The number of nitrogens with zero attached hydrogens (tertiary/aromatic N) is 2. The van der Waals surface area contributed by atoms with Gasteiger partial charge in [0.05, 0.1) is 16.8 Å². The number of halogens is 5. The van der Waals surface area contributed by atoms with Gasteiger partial charge in [-0.1, -0.05) is 66.7 Å². The molecule has 10 rings (SSSR count). The molecular weight excluding hydrogens is 878 g/mol. The smallest absolute Gasteiger partial charge is 0.341 e.